The Morgan fingerprint density at radius 2 is 1.89 bits per heavy atom. The molecular formula is C15H13FN2O. The zero-order chi connectivity index (χ0) is 13.7. The highest BCUT2D eigenvalue weighted by molar-refractivity contribution is 5.70. The van der Waals surface area contributed by atoms with Crippen LogP contribution < -0.4 is 10.1 Å². The molecule has 0 saturated carbocycles. The van der Waals surface area contributed by atoms with Crippen molar-refractivity contribution in [1.82, 2.24) is 0 Å². The molecule has 0 saturated heterocycles. The number of nitrogens with zero attached hydrogens (tertiary/aromatic N) is 1. The van der Waals surface area contributed by atoms with Crippen molar-refractivity contribution in [2.45, 2.75) is 6.92 Å². The maximum atomic E-state index is 13.5. The summed E-state index contributed by atoms with van der Waals surface area (Å²) in [6.07, 6.45) is 0. The molecule has 1 N–H and O–H groups in total. The van der Waals surface area contributed by atoms with Crippen LogP contribution in [0.15, 0.2) is 42.5 Å². The van der Waals surface area contributed by atoms with Gasteiger partial charge in [0.05, 0.1) is 18.0 Å². The smallest absolute Gasteiger partial charge is 0.143 e. The fourth-order valence-electron chi connectivity index (χ4n) is 1.74. The Morgan fingerprint density at radius 1 is 1.16 bits per heavy atom. The minimum atomic E-state index is -0.540. The third-order valence-corrected chi connectivity index (χ3v) is 2.58. The molecule has 0 aliphatic carbocycles. The summed E-state index contributed by atoms with van der Waals surface area (Å²) in [6, 6.07) is 13.7. The Bertz CT molecular complexity index is 620. The number of halogens is 1. The largest absolute Gasteiger partial charge is 0.492 e. The highest BCUT2D eigenvalue weighted by Crippen LogP contribution is 2.29. The molecule has 0 aliphatic rings. The lowest BCUT2D eigenvalue weighted by atomic mass is 10.1. The molecular weight excluding hydrogens is 243 g/mol. The molecule has 0 unspecified atom stereocenters. The van der Waals surface area contributed by atoms with Gasteiger partial charge in [0.1, 0.15) is 23.2 Å². The van der Waals surface area contributed by atoms with E-state index in [9.17, 15) is 4.39 Å². The summed E-state index contributed by atoms with van der Waals surface area (Å²) < 4.78 is 19.0. The van der Waals surface area contributed by atoms with Crippen molar-refractivity contribution in [1.29, 1.82) is 5.26 Å². The van der Waals surface area contributed by atoms with Gasteiger partial charge in [-0.2, -0.15) is 5.26 Å². The molecule has 3 nitrogen and oxygen atoms in total. The van der Waals surface area contributed by atoms with Crippen LogP contribution in [0.5, 0.6) is 5.75 Å². The highest BCUT2D eigenvalue weighted by atomic mass is 19.1. The first-order valence-electron chi connectivity index (χ1n) is 5.93. The van der Waals surface area contributed by atoms with Crippen molar-refractivity contribution < 1.29 is 9.13 Å². The van der Waals surface area contributed by atoms with E-state index < -0.39 is 5.82 Å². The number of hydrogen-bond donors (Lipinski definition) is 1. The molecule has 2 aromatic carbocycles. The molecule has 2 rings (SSSR count). The topological polar surface area (TPSA) is 45.0 Å². The van der Waals surface area contributed by atoms with E-state index in [0.717, 1.165) is 0 Å². The number of ether oxygens (including phenoxy) is 1. The maximum Gasteiger partial charge on any atom is 0.143 e. The Hall–Kier alpha value is -2.54. The van der Waals surface area contributed by atoms with Crippen LogP contribution in [0.1, 0.15) is 12.5 Å². The van der Waals surface area contributed by atoms with Crippen LogP contribution in [0.2, 0.25) is 0 Å². The zero-order valence-electron chi connectivity index (χ0n) is 10.5. The SMILES string of the molecule is CCOc1ccccc1Nc1cccc(F)c1C#N. The van der Waals surface area contributed by atoms with Gasteiger partial charge >= 0.3 is 0 Å². The van der Waals surface area contributed by atoms with Gasteiger partial charge in [-0.15, -0.1) is 0 Å². The molecule has 0 amide bonds. The Morgan fingerprint density at radius 3 is 2.63 bits per heavy atom. The van der Waals surface area contributed by atoms with E-state index in [0.29, 0.717) is 23.7 Å². The molecule has 0 aliphatic heterocycles. The zero-order valence-corrected chi connectivity index (χ0v) is 10.5. The van der Waals surface area contributed by atoms with E-state index in [2.05, 4.69) is 5.32 Å². The molecule has 0 spiro atoms. The fourth-order valence-corrected chi connectivity index (χ4v) is 1.74. The van der Waals surface area contributed by atoms with Crippen LogP contribution in [0.3, 0.4) is 0 Å². The molecule has 0 bridgehead atoms. The van der Waals surface area contributed by atoms with Crippen LogP contribution >= 0.6 is 0 Å². The van der Waals surface area contributed by atoms with Crippen molar-refractivity contribution in [2.75, 3.05) is 11.9 Å². The second-order valence-corrected chi connectivity index (χ2v) is 3.83. The summed E-state index contributed by atoms with van der Waals surface area (Å²) in [5.74, 6) is 0.125. The van der Waals surface area contributed by atoms with Gasteiger partial charge in [0.2, 0.25) is 0 Å². The molecule has 0 fully saturated rings. The van der Waals surface area contributed by atoms with Gasteiger partial charge in [0.15, 0.2) is 0 Å². The van der Waals surface area contributed by atoms with Crippen LogP contribution in [-0.4, -0.2) is 6.61 Å². The van der Waals surface area contributed by atoms with Gasteiger partial charge in [-0.3, -0.25) is 0 Å². The summed E-state index contributed by atoms with van der Waals surface area (Å²) in [5.41, 5.74) is 1.12. The predicted octanol–water partition coefficient (Wildman–Crippen LogP) is 3.84. The first-order valence-corrected chi connectivity index (χ1v) is 5.93. The van der Waals surface area contributed by atoms with Gasteiger partial charge in [-0.25, -0.2) is 4.39 Å². The Labute approximate surface area is 111 Å². The lowest BCUT2D eigenvalue weighted by molar-refractivity contribution is 0.342. The van der Waals surface area contributed by atoms with Gasteiger partial charge in [-0.05, 0) is 31.2 Å². The first-order chi connectivity index (χ1) is 9.26. The highest BCUT2D eigenvalue weighted by Gasteiger charge is 2.09. The summed E-state index contributed by atoms with van der Waals surface area (Å²) in [4.78, 5) is 0. The number of nitriles is 1. The molecule has 19 heavy (non-hydrogen) atoms. The van der Waals surface area contributed by atoms with Gasteiger partial charge in [0.25, 0.3) is 0 Å². The number of nitrogens with one attached hydrogen (secondary N) is 1. The minimum Gasteiger partial charge on any atom is -0.492 e. The van der Waals surface area contributed by atoms with E-state index in [1.807, 2.05) is 37.3 Å². The summed E-state index contributed by atoms with van der Waals surface area (Å²) in [5, 5.41) is 12.0. The molecule has 4 heteroatoms. The Kier molecular flexibility index (Phi) is 3.99. The van der Waals surface area contributed by atoms with E-state index in [4.69, 9.17) is 10.00 Å². The standard InChI is InChI=1S/C15H13FN2O/c1-2-19-15-9-4-3-7-14(15)18-13-8-5-6-12(16)11(13)10-17/h3-9,18H,2H2,1H3. The molecule has 0 radical (unpaired) electrons. The second-order valence-electron chi connectivity index (χ2n) is 3.83. The molecule has 96 valence electrons. The summed E-state index contributed by atoms with van der Waals surface area (Å²) in [7, 11) is 0. The quantitative estimate of drug-likeness (QED) is 0.903. The monoisotopic (exact) mass is 256 g/mol. The van der Waals surface area contributed by atoms with E-state index in [1.165, 1.54) is 6.07 Å². The van der Waals surface area contributed by atoms with Gasteiger partial charge in [0, 0.05) is 0 Å². The van der Waals surface area contributed by atoms with Crippen molar-refractivity contribution in [3.05, 3.63) is 53.8 Å². The van der Waals surface area contributed by atoms with Crippen LogP contribution in [0, 0.1) is 17.1 Å². The molecule has 0 atom stereocenters. The minimum absolute atomic E-state index is 0.00574. The van der Waals surface area contributed by atoms with E-state index in [1.54, 1.807) is 12.1 Å². The predicted molar refractivity (Wildman–Crippen MR) is 72.0 cm³/mol. The second kappa shape index (κ2) is 5.87. The summed E-state index contributed by atoms with van der Waals surface area (Å²) in [6.45, 7) is 2.42. The number of rotatable bonds is 4. The third-order valence-electron chi connectivity index (χ3n) is 2.58. The number of hydrogen-bond acceptors (Lipinski definition) is 3. The first kappa shape index (κ1) is 12.9. The number of anilines is 2. The molecule has 0 aromatic heterocycles. The van der Waals surface area contributed by atoms with E-state index >= 15 is 0 Å². The van der Waals surface area contributed by atoms with Gasteiger partial charge < -0.3 is 10.1 Å². The van der Waals surface area contributed by atoms with Crippen LogP contribution in [-0.2, 0) is 0 Å². The van der Waals surface area contributed by atoms with Crippen molar-refractivity contribution in [2.24, 2.45) is 0 Å². The van der Waals surface area contributed by atoms with Crippen LogP contribution in [0.25, 0.3) is 0 Å². The molecule has 0 heterocycles. The maximum absolute atomic E-state index is 13.5. The van der Waals surface area contributed by atoms with Crippen molar-refractivity contribution in [3.63, 3.8) is 0 Å². The fraction of sp³-hybridized carbons (Fsp3) is 0.133. The lowest BCUT2D eigenvalue weighted by Crippen LogP contribution is -2.00. The lowest BCUT2D eigenvalue weighted by Gasteiger charge is -2.13. The molecule has 2 aromatic rings. The van der Waals surface area contributed by atoms with Crippen molar-refractivity contribution in [3.8, 4) is 11.8 Å². The average Bonchev–Trinajstić information content (AvgIpc) is 2.41. The Balaban J connectivity index is 2.37. The van der Waals surface area contributed by atoms with E-state index in [-0.39, 0.29) is 5.56 Å². The number of para-hydroxylation sites is 2. The van der Waals surface area contributed by atoms with Crippen molar-refractivity contribution >= 4 is 11.4 Å². The van der Waals surface area contributed by atoms with Crippen LogP contribution in [0.4, 0.5) is 15.8 Å². The normalized spacial score (nSPS) is 9.74. The van der Waals surface area contributed by atoms with Gasteiger partial charge in [-0.1, -0.05) is 18.2 Å². The summed E-state index contributed by atoms with van der Waals surface area (Å²) >= 11 is 0. The average molecular weight is 256 g/mol. The third kappa shape index (κ3) is 2.83. The number of benzene rings is 2.